The molecule has 2 N–H and O–H groups in total. The summed E-state index contributed by atoms with van der Waals surface area (Å²) < 4.78 is 2.22. The quantitative estimate of drug-likeness (QED) is 0.910. The Hall–Kier alpha value is -2.05. The smallest absolute Gasteiger partial charge is 0.0991 e. The Bertz CT molecular complexity index is 603. The number of nitriles is 1. The van der Waals surface area contributed by atoms with Gasteiger partial charge in [0.15, 0.2) is 0 Å². The molecule has 0 saturated carbocycles. The van der Waals surface area contributed by atoms with Crippen molar-refractivity contribution in [2.24, 2.45) is 5.73 Å². The molecular formula is C16H19N3. The van der Waals surface area contributed by atoms with Crippen LogP contribution < -0.4 is 5.73 Å². The third-order valence-electron chi connectivity index (χ3n) is 3.27. The van der Waals surface area contributed by atoms with Gasteiger partial charge in [0, 0.05) is 30.9 Å². The number of aromatic nitrogens is 1. The van der Waals surface area contributed by atoms with Crippen LogP contribution >= 0.6 is 0 Å². The molecule has 0 fully saturated rings. The van der Waals surface area contributed by atoms with Gasteiger partial charge in [-0.15, -0.1) is 0 Å². The first-order valence-corrected chi connectivity index (χ1v) is 6.49. The van der Waals surface area contributed by atoms with Gasteiger partial charge in [-0.25, -0.2) is 0 Å². The Morgan fingerprint density at radius 3 is 2.79 bits per heavy atom. The minimum Gasteiger partial charge on any atom is -0.347 e. The Morgan fingerprint density at radius 1 is 1.37 bits per heavy atom. The SMILES string of the molecule is Cc1cc(C#N)ccc1Cn1cccc1CC(C)N. The molecule has 0 radical (unpaired) electrons. The lowest BCUT2D eigenvalue weighted by Gasteiger charge is -2.13. The summed E-state index contributed by atoms with van der Waals surface area (Å²) in [6.45, 7) is 4.89. The summed E-state index contributed by atoms with van der Waals surface area (Å²) in [7, 11) is 0. The summed E-state index contributed by atoms with van der Waals surface area (Å²) >= 11 is 0. The lowest BCUT2D eigenvalue weighted by atomic mass is 10.1. The van der Waals surface area contributed by atoms with E-state index in [1.54, 1.807) is 0 Å². The van der Waals surface area contributed by atoms with Gasteiger partial charge >= 0.3 is 0 Å². The molecule has 0 saturated heterocycles. The first-order valence-electron chi connectivity index (χ1n) is 6.49. The van der Waals surface area contributed by atoms with E-state index in [-0.39, 0.29) is 6.04 Å². The number of nitrogens with zero attached hydrogens (tertiary/aromatic N) is 2. The summed E-state index contributed by atoms with van der Waals surface area (Å²) in [6.07, 6.45) is 2.96. The van der Waals surface area contributed by atoms with E-state index in [2.05, 4.69) is 29.0 Å². The first kappa shape index (κ1) is 13.4. The van der Waals surface area contributed by atoms with Gasteiger partial charge in [-0.05, 0) is 49.2 Å². The van der Waals surface area contributed by atoms with Gasteiger partial charge in [0.2, 0.25) is 0 Å². The van der Waals surface area contributed by atoms with Gasteiger partial charge in [0.05, 0.1) is 11.6 Å². The Morgan fingerprint density at radius 2 is 2.16 bits per heavy atom. The van der Waals surface area contributed by atoms with Crippen LogP contribution in [0.5, 0.6) is 0 Å². The van der Waals surface area contributed by atoms with Crippen molar-refractivity contribution in [3.8, 4) is 6.07 Å². The first-order chi connectivity index (χ1) is 9.10. The molecule has 3 nitrogen and oxygen atoms in total. The molecule has 0 amide bonds. The van der Waals surface area contributed by atoms with Crippen LogP contribution in [0.15, 0.2) is 36.5 Å². The highest BCUT2D eigenvalue weighted by Crippen LogP contribution is 2.14. The number of rotatable bonds is 4. The van der Waals surface area contributed by atoms with Crippen LogP contribution in [0.4, 0.5) is 0 Å². The minimum absolute atomic E-state index is 0.163. The fourth-order valence-corrected chi connectivity index (χ4v) is 2.25. The second-order valence-corrected chi connectivity index (χ2v) is 5.06. The molecule has 98 valence electrons. The second-order valence-electron chi connectivity index (χ2n) is 5.06. The molecule has 0 aliphatic carbocycles. The van der Waals surface area contributed by atoms with Gasteiger partial charge in [-0.2, -0.15) is 5.26 Å². The summed E-state index contributed by atoms with van der Waals surface area (Å²) in [5.74, 6) is 0. The van der Waals surface area contributed by atoms with E-state index < -0.39 is 0 Å². The number of benzene rings is 1. The average Bonchev–Trinajstić information content (AvgIpc) is 2.78. The predicted octanol–water partition coefficient (Wildman–Crippen LogP) is 2.61. The van der Waals surface area contributed by atoms with Crippen LogP contribution in [-0.4, -0.2) is 10.6 Å². The molecule has 1 atom stereocenters. The number of aryl methyl sites for hydroxylation is 1. The predicted molar refractivity (Wildman–Crippen MR) is 76.8 cm³/mol. The van der Waals surface area contributed by atoms with Gasteiger partial charge in [-0.3, -0.25) is 0 Å². The van der Waals surface area contributed by atoms with Crippen LogP contribution in [0.1, 0.15) is 29.3 Å². The lowest BCUT2D eigenvalue weighted by molar-refractivity contribution is 0.665. The molecule has 2 aromatic rings. The van der Waals surface area contributed by atoms with Crippen molar-refractivity contribution in [3.63, 3.8) is 0 Å². The number of nitrogens with two attached hydrogens (primary N) is 1. The maximum Gasteiger partial charge on any atom is 0.0991 e. The van der Waals surface area contributed by atoms with E-state index in [0.29, 0.717) is 5.56 Å². The van der Waals surface area contributed by atoms with E-state index in [1.165, 1.54) is 11.3 Å². The fourth-order valence-electron chi connectivity index (χ4n) is 2.25. The zero-order valence-electron chi connectivity index (χ0n) is 11.4. The van der Waals surface area contributed by atoms with Crippen molar-refractivity contribution in [2.45, 2.75) is 32.9 Å². The molecule has 0 aliphatic heterocycles. The van der Waals surface area contributed by atoms with Crippen molar-refractivity contribution >= 4 is 0 Å². The molecular weight excluding hydrogens is 234 g/mol. The molecule has 0 aliphatic rings. The number of hydrogen-bond donors (Lipinski definition) is 1. The van der Waals surface area contributed by atoms with Crippen LogP contribution in [0.25, 0.3) is 0 Å². The normalized spacial score (nSPS) is 12.1. The molecule has 2 rings (SSSR count). The summed E-state index contributed by atoms with van der Waals surface area (Å²) in [5, 5.41) is 8.88. The van der Waals surface area contributed by atoms with Crippen LogP contribution in [0.3, 0.4) is 0 Å². The average molecular weight is 253 g/mol. The Labute approximate surface area is 114 Å². The molecule has 0 bridgehead atoms. The van der Waals surface area contributed by atoms with Crippen molar-refractivity contribution in [1.29, 1.82) is 5.26 Å². The largest absolute Gasteiger partial charge is 0.347 e. The monoisotopic (exact) mass is 253 g/mol. The van der Waals surface area contributed by atoms with Gasteiger partial charge in [-0.1, -0.05) is 6.07 Å². The standard InChI is InChI=1S/C16H19N3/c1-12-8-14(10-17)5-6-15(12)11-19-7-3-4-16(19)9-13(2)18/h3-8,13H,9,11,18H2,1-2H3. The van der Waals surface area contributed by atoms with Gasteiger partial charge < -0.3 is 10.3 Å². The van der Waals surface area contributed by atoms with Crippen LogP contribution in [0, 0.1) is 18.3 Å². The lowest BCUT2D eigenvalue weighted by Crippen LogP contribution is -2.20. The zero-order chi connectivity index (χ0) is 13.8. The maximum atomic E-state index is 8.88. The van der Waals surface area contributed by atoms with Gasteiger partial charge in [0.1, 0.15) is 0 Å². The molecule has 3 heteroatoms. The maximum absolute atomic E-state index is 8.88. The van der Waals surface area contributed by atoms with E-state index >= 15 is 0 Å². The van der Waals surface area contributed by atoms with Crippen molar-refractivity contribution < 1.29 is 0 Å². The van der Waals surface area contributed by atoms with E-state index in [4.69, 9.17) is 11.0 Å². The molecule has 1 aromatic heterocycles. The van der Waals surface area contributed by atoms with E-state index in [0.717, 1.165) is 18.5 Å². The summed E-state index contributed by atoms with van der Waals surface area (Å²) in [5.41, 5.74) is 10.2. The molecule has 1 unspecified atom stereocenters. The van der Waals surface area contributed by atoms with Gasteiger partial charge in [0.25, 0.3) is 0 Å². The Kier molecular flexibility index (Phi) is 4.03. The summed E-state index contributed by atoms with van der Waals surface area (Å²) in [6, 6.07) is 12.3. The fraction of sp³-hybridized carbons (Fsp3) is 0.312. The number of hydrogen-bond acceptors (Lipinski definition) is 2. The Balaban J connectivity index is 2.22. The van der Waals surface area contributed by atoms with Crippen molar-refractivity contribution in [3.05, 3.63) is 58.9 Å². The summed E-state index contributed by atoms with van der Waals surface area (Å²) in [4.78, 5) is 0. The molecule has 1 heterocycles. The molecule has 1 aromatic carbocycles. The molecule has 19 heavy (non-hydrogen) atoms. The highest BCUT2D eigenvalue weighted by atomic mass is 15.0. The topological polar surface area (TPSA) is 54.7 Å². The van der Waals surface area contributed by atoms with Crippen LogP contribution in [-0.2, 0) is 13.0 Å². The zero-order valence-corrected chi connectivity index (χ0v) is 11.4. The highest BCUT2D eigenvalue weighted by molar-refractivity contribution is 5.37. The third-order valence-corrected chi connectivity index (χ3v) is 3.27. The van der Waals surface area contributed by atoms with E-state index in [1.807, 2.05) is 32.0 Å². The van der Waals surface area contributed by atoms with Crippen molar-refractivity contribution in [1.82, 2.24) is 4.57 Å². The van der Waals surface area contributed by atoms with Crippen LogP contribution in [0.2, 0.25) is 0 Å². The minimum atomic E-state index is 0.163. The third kappa shape index (κ3) is 3.24. The van der Waals surface area contributed by atoms with Crippen molar-refractivity contribution in [2.75, 3.05) is 0 Å². The highest BCUT2D eigenvalue weighted by Gasteiger charge is 2.06. The molecule has 0 spiro atoms. The second kappa shape index (κ2) is 5.73. The van der Waals surface area contributed by atoms with E-state index in [9.17, 15) is 0 Å².